The van der Waals surface area contributed by atoms with Gasteiger partial charge in [-0.1, -0.05) is 25.5 Å². The van der Waals surface area contributed by atoms with Crippen molar-refractivity contribution in [2.24, 2.45) is 0 Å². The minimum absolute atomic E-state index is 0.293. The van der Waals surface area contributed by atoms with Gasteiger partial charge in [-0.15, -0.1) is 0 Å². The highest BCUT2D eigenvalue weighted by Crippen LogP contribution is 2.33. The fourth-order valence-corrected chi connectivity index (χ4v) is 2.26. The molecule has 3 nitrogen and oxygen atoms in total. The maximum atomic E-state index is 13.5. The molecule has 0 saturated carbocycles. The first kappa shape index (κ1) is 12.1. The topological polar surface area (TPSA) is 54.7 Å². The number of aromatic amines is 1. The Labute approximate surface area is 107 Å². The number of anilines is 1. The van der Waals surface area contributed by atoms with Crippen LogP contribution in [0.5, 0.6) is 0 Å². The van der Waals surface area contributed by atoms with E-state index in [1.165, 1.54) is 6.07 Å². The molecule has 2 rings (SSSR count). The number of nitrogen functional groups attached to an aromatic ring is 1. The number of H-pyrrole nitrogens is 1. The molecule has 0 unspecified atom stereocenters. The number of nitrogens with one attached hydrogen (secondary N) is 1. The average molecular weight is 298 g/mol. The van der Waals surface area contributed by atoms with Crippen molar-refractivity contribution in [3.63, 3.8) is 0 Å². The molecular weight excluding hydrogens is 285 g/mol. The maximum Gasteiger partial charge on any atom is 0.149 e. The predicted octanol–water partition coefficient (Wildman–Crippen LogP) is 3.51. The second-order valence-electron chi connectivity index (χ2n) is 3.81. The average Bonchev–Trinajstić information content (AvgIpc) is 2.66. The van der Waals surface area contributed by atoms with Crippen molar-refractivity contribution in [2.45, 2.75) is 19.8 Å². The molecule has 0 amide bonds. The first-order valence-corrected chi connectivity index (χ1v) is 6.21. The third-order valence-electron chi connectivity index (χ3n) is 2.62. The first-order valence-electron chi connectivity index (χ1n) is 5.42. The Morgan fingerprint density at radius 3 is 2.94 bits per heavy atom. The summed E-state index contributed by atoms with van der Waals surface area (Å²) >= 11 is 3.25. The number of nitrogens with two attached hydrogens (primary N) is 1. The molecule has 0 spiro atoms. The quantitative estimate of drug-likeness (QED) is 0.911. The summed E-state index contributed by atoms with van der Waals surface area (Å²) in [7, 11) is 0. The predicted molar refractivity (Wildman–Crippen MR) is 70.1 cm³/mol. The van der Waals surface area contributed by atoms with E-state index < -0.39 is 0 Å². The number of nitrogens with zero attached hydrogens (tertiary/aromatic N) is 1. The molecule has 0 aliphatic rings. The molecule has 90 valence electrons. The second kappa shape index (κ2) is 4.87. The summed E-state index contributed by atoms with van der Waals surface area (Å²) in [6.07, 6.45) is 1.78. The van der Waals surface area contributed by atoms with Crippen LogP contribution in [0.4, 0.5) is 10.2 Å². The van der Waals surface area contributed by atoms with Crippen molar-refractivity contribution in [3.8, 4) is 11.3 Å². The van der Waals surface area contributed by atoms with Crippen molar-refractivity contribution >= 4 is 21.7 Å². The summed E-state index contributed by atoms with van der Waals surface area (Å²) < 4.78 is 13.9. The Bertz CT molecular complexity index is 537. The summed E-state index contributed by atoms with van der Waals surface area (Å²) in [5.41, 5.74) is 8.28. The Kier molecular flexibility index (Phi) is 3.47. The van der Waals surface area contributed by atoms with Crippen LogP contribution in [0, 0.1) is 5.82 Å². The number of benzene rings is 1. The molecule has 17 heavy (non-hydrogen) atoms. The van der Waals surface area contributed by atoms with Crippen molar-refractivity contribution in [1.29, 1.82) is 0 Å². The minimum Gasteiger partial charge on any atom is -0.382 e. The molecule has 1 aromatic heterocycles. The molecule has 3 N–H and O–H groups in total. The number of hydrogen-bond acceptors (Lipinski definition) is 2. The van der Waals surface area contributed by atoms with Gasteiger partial charge in [0.1, 0.15) is 11.6 Å². The van der Waals surface area contributed by atoms with Gasteiger partial charge < -0.3 is 5.73 Å². The highest BCUT2D eigenvalue weighted by molar-refractivity contribution is 9.10. The summed E-state index contributed by atoms with van der Waals surface area (Å²) in [5, 5.41) is 6.86. The summed E-state index contributed by atoms with van der Waals surface area (Å²) in [5.74, 6) is 0.191. The molecule has 0 bridgehead atoms. The van der Waals surface area contributed by atoms with Gasteiger partial charge in [-0.2, -0.15) is 5.10 Å². The Morgan fingerprint density at radius 2 is 2.24 bits per heavy atom. The number of halogens is 2. The van der Waals surface area contributed by atoms with E-state index in [1.54, 1.807) is 6.07 Å². The molecule has 0 atom stereocenters. The monoisotopic (exact) mass is 297 g/mol. The summed E-state index contributed by atoms with van der Waals surface area (Å²) in [6.45, 7) is 2.07. The lowest BCUT2D eigenvalue weighted by atomic mass is 10.0. The van der Waals surface area contributed by atoms with Crippen molar-refractivity contribution in [1.82, 2.24) is 10.2 Å². The van der Waals surface area contributed by atoms with E-state index in [9.17, 15) is 4.39 Å². The molecule has 0 fully saturated rings. The number of rotatable bonds is 3. The Hall–Kier alpha value is -1.36. The van der Waals surface area contributed by atoms with Gasteiger partial charge in [0.05, 0.1) is 10.2 Å². The Morgan fingerprint density at radius 1 is 1.47 bits per heavy atom. The molecule has 1 aromatic carbocycles. The lowest BCUT2D eigenvalue weighted by molar-refractivity contribution is 0.621. The van der Waals surface area contributed by atoms with E-state index in [4.69, 9.17) is 5.73 Å². The SMILES string of the molecule is CCCc1c(N)n[nH]c1-c1cccc(F)c1Br. The second-order valence-corrected chi connectivity index (χ2v) is 4.61. The Balaban J connectivity index is 2.56. The molecule has 2 aromatic rings. The van der Waals surface area contributed by atoms with Crippen LogP contribution in [0.3, 0.4) is 0 Å². The zero-order valence-corrected chi connectivity index (χ0v) is 11.0. The number of hydrogen-bond donors (Lipinski definition) is 2. The van der Waals surface area contributed by atoms with Crippen LogP contribution in [-0.4, -0.2) is 10.2 Å². The lowest BCUT2D eigenvalue weighted by Gasteiger charge is -2.06. The minimum atomic E-state index is -0.293. The van der Waals surface area contributed by atoms with Crippen LogP contribution in [0.15, 0.2) is 22.7 Å². The standard InChI is InChI=1S/C12H13BrFN3/c1-2-4-8-11(16-17-12(8)15)7-5-3-6-9(14)10(7)13/h3,5-6H,2,4H2,1H3,(H3,15,16,17). The van der Waals surface area contributed by atoms with Gasteiger partial charge >= 0.3 is 0 Å². The van der Waals surface area contributed by atoms with Gasteiger partial charge in [0.2, 0.25) is 0 Å². The molecule has 5 heteroatoms. The third-order valence-corrected chi connectivity index (χ3v) is 3.43. The van der Waals surface area contributed by atoms with E-state index in [-0.39, 0.29) is 5.82 Å². The van der Waals surface area contributed by atoms with Crippen LogP contribution >= 0.6 is 15.9 Å². The van der Waals surface area contributed by atoms with Gasteiger partial charge in [-0.3, -0.25) is 5.10 Å². The maximum absolute atomic E-state index is 13.5. The van der Waals surface area contributed by atoms with Crippen LogP contribution in [0.1, 0.15) is 18.9 Å². The van der Waals surface area contributed by atoms with Crippen LogP contribution in [0.2, 0.25) is 0 Å². The van der Waals surface area contributed by atoms with Gasteiger partial charge in [0.25, 0.3) is 0 Å². The highest BCUT2D eigenvalue weighted by atomic mass is 79.9. The first-order chi connectivity index (χ1) is 8.15. The molecule has 0 aliphatic carbocycles. The van der Waals surface area contributed by atoms with Gasteiger partial charge in [-0.05, 0) is 28.4 Å². The zero-order valence-electron chi connectivity index (χ0n) is 9.43. The van der Waals surface area contributed by atoms with Gasteiger partial charge in [0, 0.05) is 11.1 Å². The smallest absolute Gasteiger partial charge is 0.149 e. The van der Waals surface area contributed by atoms with Crippen LogP contribution in [0.25, 0.3) is 11.3 Å². The van der Waals surface area contributed by atoms with E-state index in [2.05, 4.69) is 33.1 Å². The lowest BCUT2D eigenvalue weighted by Crippen LogP contribution is -1.93. The normalized spacial score (nSPS) is 10.8. The molecule has 0 aliphatic heterocycles. The molecule has 0 radical (unpaired) electrons. The van der Waals surface area contributed by atoms with E-state index >= 15 is 0 Å². The van der Waals surface area contributed by atoms with E-state index in [0.29, 0.717) is 10.3 Å². The molecular formula is C12H13BrFN3. The van der Waals surface area contributed by atoms with Gasteiger partial charge in [0.15, 0.2) is 0 Å². The molecule has 0 saturated heterocycles. The van der Waals surface area contributed by atoms with E-state index in [0.717, 1.165) is 29.7 Å². The van der Waals surface area contributed by atoms with Crippen LogP contribution < -0.4 is 5.73 Å². The number of aromatic nitrogens is 2. The fraction of sp³-hybridized carbons (Fsp3) is 0.250. The highest BCUT2D eigenvalue weighted by Gasteiger charge is 2.15. The molecule has 1 heterocycles. The summed E-state index contributed by atoms with van der Waals surface area (Å²) in [4.78, 5) is 0. The summed E-state index contributed by atoms with van der Waals surface area (Å²) in [6, 6.07) is 4.91. The third kappa shape index (κ3) is 2.20. The zero-order chi connectivity index (χ0) is 12.4. The van der Waals surface area contributed by atoms with Crippen LogP contribution in [-0.2, 0) is 6.42 Å². The van der Waals surface area contributed by atoms with Crippen molar-refractivity contribution < 1.29 is 4.39 Å². The van der Waals surface area contributed by atoms with Gasteiger partial charge in [-0.25, -0.2) is 4.39 Å². The largest absolute Gasteiger partial charge is 0.382 e. The van der Waals surface area contributed by atoms with Crippen molar-refractivity contribution in [2.75, 3.05) is 5.73 Å². The van der Waals surface area contributed by atoms with E-state index in [1.807, 2.05) is 6.07 Å². The fourth-order valence-electron chi connectivity index (χ4n) is 1.80. The van der Waals surface area contributed by atoms with Crippen molar-refractivity contribution in [3.05, 3.63) is 34.1 Å².